The molecule has 3 aliphatic rings. The number of hydrogen-bond acceptors (Lipinski definition) is 8. The zero-order valence-corrected chi connectivity index (χ0v) is 24.3. The van der Waals surface area contributed by atoms with Crippen molar-refractivity contribution in [2.24, 2.45) is 17.8 Å². The molecule has 0 spiro atoms. The molecule has 222 valence electrons. The van der Waals surface area contributed by atoms with E-state index in [1.807, 2.05) is 18.2 Å². The monoisotopic (exact) mass is 566 g/mol. The first-order valence-corrected chi connectivity index (χ1v) is 14.9. The van der Waals surface area contributed by atoms with Gasteiger partial charge in [-0.15, -0.1) is 0 Å². The average Bonchev–Trinajstić information content (AvgIpc) is 2.95. The lowest BCUT2D eigenvalue weighted by Crippen LogP contribution is -2.43. The molecule has 2 N–H and O–H groups in total. The Balaban J connectivity index is 1.51. The number of methoxy groups -OCH3 is 2. The van der Waals surface area contributed by atoms with E-state index in [0.29, 0.717) is 37.2 Å². The largest absolute Gasteiger partial charge is 0.504 e. The Morgan fingerprint density at radius 1 is 0.805 bits per heavy atom. The predicted octanol–water partition coefficient (Wildman–Crippen LogP) is 5.84. The van der Waals surface area contributed by atoms with E-state index in [1.54, 1.807) is 12.1 Å². The first-order valence-electron chi connectivity index (χ1n) is 14.9. The second-order valence-electron chi connectivity index (χ2n) is 12.0. The molecule has 0 amide bonds. The molecule has 8 heteroatoms. The molecular weight excluding hydrogens is 524 g/mol. The zero-order valence-electron chi connectivity index (χ0n) is 24.3. The molecule has 5 rings (SSSR count). The number of phenols is 2. The van der Waals surface area contributed by atoms with Crippen LogP contribution in [-0.4, -0.2) is 48.6 Å². The topological polar surface area (TPSA) is 112 Å². The Morgan fingerprint density at radius 3 is 2.22 bits per heavy atom. The van der Waals surface area contributed by atoms with Gasteiger partial charge in [-0.25, -0.2) is 0 Å². The lowest BCUT2D eigenvalue weighted by Gasteiger charge is -2.43. The number of ether oxygens (including phenoxy) is 4. The van der Waals surface area contributed by atoms with Crippen LogP contribution in [0.5, 0.6) is 23.0 Å². The van der Waals surface area contributed by atoms with Gasteiger partial charge in [-0.2, -0.15) is 0 Å². The van der Waals surface area contributed by atoms with E-state index in [-0.39, 0.29) is 47.1 Å². The SMILES string of the molecule is COc1cc([C@@H]2C[C@H](OC(=O)C3CCCCC3)C[C@@H](OC(C)=O)[C@H]3Cc4cc(OC)c(O)cc4C[C@H]3C2)ccc1O. The maximum Gasteiger partial charge on any atom is 0.309 e. The van der Waals surface area contributed by atoms with Gasteiger partial charge < -0.3 is 29.2 Å². The number of esters is 2. The Kier molecular flexibility index (Phi) is 8.95. The fourth-order valence-electron chi connectivity index (χ4n) is 7.32. The van der Waals surface area contributed by atoms with Gasteiger partial charge in [0.25, 0.3) is 0 Å². The Morgan fingerprint density at radius 2 is 1.51 bits per heavy atom. The van der Waals surface area contributed by atoms with Gasteiger partial charge in [0.2, 0.25) is 0 Å². The van der Waals surface area contributed by atoms with E-state index < -0.39 is 12.2 Å². The highest BCUT2D eigenvalue weighted by Gasteiger charge is 2.42. The van der Waals surface area contributed by atoms with Crippen molar-refractivity contribution < 1.29 is 38.7 Å². The van der Waals surface area contributed by atoms with Gasteiger partial charge in [-0.05, 0) is 91.3 Å². The summed E-state index contributed by atoms with van der Waals surface area (Å²) in [4.78, 5) is 25.6. The second-order valence-corrected chi connectivity index (χ2v) is 12.0. The fraction of sp³-hybridized carbons (Fsp3) is 0.576. The lowest BCUT2D eigenvalue weighted by molar-refractivity contribution is -0.163. The van der Waals surface area contributed by atoms with Crippen LogP contribution >= 0.6 is 0 Å². The molecule has 0 heterocycles. The van der Waals surface area contributed by atoms with Crippen LogP contribution < -0.4 is 9.47 Å². The number of fused-ring (bicyclic) bond motifs is 2. The molecule has 41 heavy (non-hydrogen) atoms. The summed E-state index contributed by atoms with van der Waals surface area (Å²) in [7, 11) is 3.07. The van der Waals surface area contributed by atoms with Crippen LogP contribution in [0.3, 0.4) is 0 Å². The Bertz CT molecular complexity index is 1250. The van der Waals surface area contributed by atoms with Crippen molar-refractivity contribution >= 4 is 11.9 Å². The summed E-state index contributed by atoms with van der Waals surface area (Å²) in [5.74, 6) is 0.609. The molecule has 0 saturated heterocycles. The van der Waals surface area contributed by atoms with E-state index in [0.717, 1.165) is 55.2 Å². The summed E-state index contributed by atoms with van der Waals surface area (Å²) in [5, 5.41) is 20.7. The predicted molar refractivity (Wildman–Crippen MR) is 152 cm³/mol. The summed E-state index contributed by atoms with van der Waals surface area (Å²) in [5.41, 5.74) is 3.14. The molecule has 2 aromatic carbocycles. The van der Waals surface area contributed by atoms with Crippen LogP contribution in [0, 0.1) is 17.8 Å². The average molecular weight is 567 g/mol. The maximum absolute atomic E-state index is 13.3. The van der Waals surface area contributed by atoms with Gasteiger partial charge in [0.1, 0.15) is 12.2 Å². The molecule has 5 atom stereocenters. The molecule has 0 aromatic heterocycles. The number of carbonyl (C=O) groups is 2. The minimum atomic E-state index is -0.421. The van der Waals surface area contributed by atoms with Gasteiger partial charge >= 0.3 is 11.9 Å². The fourth-order valence-corrected chi connectivity index (χ4v) is 7.32. The van der Waals surface area contributed by atoms with Crippen molar-refractivity contribution in [1.29, 1.82) is 0 Å². The van der Waals surface area contributed by atoms with Crippen molar-refractivity contribution in [2.75, 3.05) is 14.2 Å². The smallest absolute Gasteiger partial charge is 0.309 e. The van der Waals surface area contributed by atoms with Gasteiger partial charge in [-0.1, -0.05) is 25.3 Å². The quantitative estimate of drug-likeness (QED) is 0.420. The second kappa shape index (κ2) is 12.6. The number of aromatic hydroxyl groups is 2. The van der Waals surface area contributed by atoms with E-state index in [2.05, 4.69) is 0 Å². The van der Waals surface area contributed by atoms with Gasteiger partial charge in [0.05, 0.1) is 20.1 Å². The molecule has 0 bridgehead atoms. The molecule has 0 radical (unpaired) electrons. The molecule has 2 saturated carbocycles. The van der Waals surface area contributed by atoms with Crippen molar-refractivity contribution in [3.05, 3.63) is 47.0 Å². The molecule has 8 nitrogen and oxygen atoms in total. The Labute approximate surface area is 242 Å². The third kappa shape index (κ3) is 6.57. The number of phenolic OH excluding ortho intramolecular Hbond substituents is 2. The standard InChI is InChI=1S/C33H42O8/c1-19(34)40-30-18-26(41-33(37)20-7-5-4-6-8-20)13-22(21-9-10-28(35)31(16-21)38-2)11-25-12-23-15-29(36)32(39-3)17-24(23)14-27(25)30/h9-10,15-17,20,22,25-27,30,35-36H,4-8,11-14,18H2,1-3H3/t22-,25+,26-,27-,30+/m0/s1. The number of rotatable bonds is 6. The minimum Gasteiger partial charge on any atom is -0.504 e. The van der Waals surface area contributed by atoms with Crippen molar-refractivity contribution in [3.8, 4) is 23.0 Å². The van der Waals surface area contributed by atoms with E-state index >= 15 is 0 Å². The molecule has 2 aromatic rings. The van der Waals surface area contributed by atoms with E-state index in [9.17, 15) is 19.8 Å². The summed E-state index contributed by atoms with van der Waals surface area (Å²) in [6, 6.07) is 9.10. The van der Waals surface area contributed by atoms with Gasteiger partial charge in [0.15, 0.2) is 23.0 Å². The van der Waals surface area contributed by atoms with Crippen LogP contribution in [0.25, 0.3) is 0 Å². The normalized spacial score (nSPS) is 26.5. The van der Waals surface area contributed by atoms with Gasteiger partial charge in [0, 0.05) is 19.3 Å². The minimum absolute atomic E-state index is 0.00154. The summed E-state index contributed by atoms with van der Waals surface area (Å²) in [6.45, 7) is 1.43. The Hall–Kier alpha value is -3.42. The van der Waals surface area contributed by atoms with Crippen molar-refractivity contribution in [2.45, 2.75) is 89.3 Å². The lowest BCUT2D eigenvalue weighted by atomic mass is 9.66. The third-order valence-electron chi connectivity index (χ3n) is 9.37. The molecule has 0 aliphatic heterocycles. The molecule has 0 unspecified atom stereocenters. The van der Waals surface area contributed by atoms with Crippen LogP contribution in [0.15, 0.2) is 30.3 Å². The maximum atomic E-state index is 13.3. The zero-order chi connectivity index (χ0) is 29.1. The van der Waals surface area contributed by atoms with Crippen LogP contribution in [0.2, 0.25) is 0 Å². The highest BCUT2D eigenvalue weighted by molar-refractivity contribution is 5.72. The van der Waals surface area contributed by atoms with Crippen molar-refractivity contribution in [3.63, 3.8) is 0 Å². The molecule has 3 aliphatic carbocycles. The van der Waals surface area contributed by atoms with Gasteiger partial charge in [-0.3, -0.25) is 9.59 Å². The van der Waals surface area contributed by atoms with Crippen LogP contribution in [0.1, 0.15) is 80.9 Å². The van der Waals surface area contributed by atoms with E-state index in [4.69, 9.17) is 18.9 Å². The van der Waals surface area contributed by atoms with Crippen LogP contribution in [-0.2, 0) is 31.9 Å². The highest BCUT2D eigenvalue weighted by Crippen LogP contribution is 2.47. The summed E-state index contributed by atoms with van der Waals surface area (Å²) < 4.78 is 23.0. The van der Waals surface area contributed by atoms with Crippen molar-refractivity contribution in [1.82, 2.24) is 0 Å². The number of carbonyl (C=O) groups excluding carboxylic acids is 2. The first-order chi connectivity index (χ1) is 19.7. The third-order valence-corrected chi connectivity index (χ3v) is 9.37. The van der Waals surface area contributed by atoms with Crippen LogP contribution in [0.4, 0.5) is 0 Å². The number of hydrogen-bond donors (Lipinski definition) is 2. The summed E-state index contributed by atoms with van der Waals surface area (Å²) in [6.07, 6.45) is 7.25. The van der Waals surface area contributed by atoms with E-state index in [1.165, 1.54) is 21.1 Å². The molecular formula is C33H42O8. The molecule has 2 fully saturated rings. The summed E-state index contributed by atoms with van der Waals surface area (Å²) >= 11 is 0. The highest BCUT2D eigenvalue weighted by atomic mass is 16.6. The first kappa shape index (κ1) is 29.1. The number of benzene rings is 2.